The van der Waals surface area contributed by atoms with E-state index in [1.54, 1.807) is 19.0 Å². The summed E-state index contributed by atoms with van der Waals surface area (Å²) >= 11 is 3.17. The van der Waals surface area contributed by atoms with Crippen molar-refractivity contribution < 1.29 is 14.0 Å². The summed E-state index contributed by atoms with van der Waals surface area (Å²) in [6, 6.07) is 3.45. The largest absolute Gasteiger partial charge is 0.344 e. The van der Waals surface area contributed by atoms with Crippen LogP contribution in [0.25, 0.3) is 0 Å². The lowest BCUT2D eigenvalue weighted by Gasteiger charge is -2.23. The second-order valence-corrected chi connectivity index (χ2v) is 5.46. The van der Waals surface area contributed by atoms with Gasteiger partial charge >= 0.3 is 0 Å². The molecule has 0 spiro atoms. The van der Waals surface area contributed by atoms with Gasteiger partial charge in [0.2, 0.25) is 5.91 Å². The first-order valence-corrected chi connectivity index (χ1v) is 6.68. The molecule has 1 aromatic carbocycles. The van der Waals surface area contributed by atoms with Gasteiger partial charge < -0.3 is 9.80 Å². The summed E-state index contributed by atoms with van der Waals surface area (Å²) in [4.78, 5) is 27.2. The number of carbonyl (C=O) groups excluding carboxylic acids is 2. The number of carbonyl (C=O) groups is 2. The third-order valence-corrected chi connectivity index (χ3v) is 4.00. The normalized spacial score (nSPS) is 18.8. The summed E-state index contributed by atoms with van der Waals surface area (Å²) in [5, 5.41) is 0. The number of hydrogen-bond acceptors (Lipinski definition) is 2. The van der Waals surface area contributed by atoms with Crippen LogP contribution >= 0.6 is 15.9 Å². The Morgan fingerprint density at radius 2 is 2.21 bits per heavy atom. The molecule has 2 amide bonds. The number of rotatable bonds is 2. The summed E-state index contributed by atoms with van der Waals surface area (Å²) in [7, 11) is 3.31. The molecule has 0 radical (unpaired) electrons. The van der Waals surface area contributed by atoms with Crippen LogP contribution in [0.1, 0.15) is 16.8 Å². The fraction of sp³-hybridized carbons (Fsp3) is 0.385. The highest BCUT2D eigenvalue weighted by molar-refractivity contribution is 9.10. The molecule has 4 nitrogen and oxygen atoms in total. The molecular weight excluding hydrogens is 315 g/mol. The Bertz CT molecular complexity index is 535. The molecule has 1 unspecified atom stereocenters. The van der Waals surface area contributed by atoms with Gasteiger partial charge in [-0.2, -0.15) is 0 Å². The van der Waals surface area contributed by atoms with Crippen LogP contribution in [-0.4, -0.2) is 48.3 Å². The topological polar surface area (TPSA) is 40.6 Å². The first kappa shape index (κ1) is 14.0. The van der Waals surface area contributed by atoms with Gasteiger partial charge in [0.25, 0.3) is 5.91 Å². The quantitative estimate of drug-likeness (QED) is 0.831. The Hall–Kier alpha value is -1.43. The molecule has 0 N–H and O–H groups in total. The zero-order valence-corrected chi connectivity index (χ0v) is 12.3. The van der Waals surface area contributed by atoms with Crippen molar-refractivity contribution in [1.82, 2.24) is 9.80 Å². The van der Waals surface area contributed by atoms with Crippen LogP contribution in [0, 0.1) is 5.82 Å². The minimum atomic E-state index is -0.436. The molecule has 1 aliphatic rings. The molecule has 19 heavy (non-hydrogen) atoms. The van der Waals surface area contributed by atoms with Gasteiger partial charge in [0, 0.05) is 25.1 Å². The van der Waals surface area contributed by atoms with E-state index in [1.807, 2.05) is 0 Å². The van der Waals surface area contributed by atoms with Crippen molar-refractivity contribution in [3.8, 4) is 0 Å². The zero-order valence-electron chi connectivity index (χ0n) is 10.7. The molecule has 2 rings (SSSR count). The summed E-state index contributed by atoms with van der Waals surface area (Å²) in [6.45, 7) is 0.645. The second kappa shape index (κ2) is 5.28. The number of benzene rings is 1. The molecular formula is C13H14BrFN2O2. The molecule has 1 atom stereocenters. The molecule has 1 aromatic rings. The first-order chi connectivity index (χ1) is 8.91. The smallest absolute Gasteiger partial charge is 0.255 e. The van der Waals surface area contributed by atoms with Gasteiger partial charge in [-0.3, -0.25) is 9.59 Å². The maximum atomic E-state index is 13.0. The molecule has 6 heteroatoms. The van der Waals surface area contributed by atoms with Gasteiger partial charge in [-0.1, -0.05) is 0 Å². The van der Waals surface area contributed by atoms with E-state index in [2.05, 4.69) is 15.9 Å². The highest BCUT2D eigenvalue weighted by atomic mass is 79.9. The molecule has 0 aliphatic carbocycles. The van der Waals surface area contributed by atoms with Gasteiger partial charge in [-0.25, -0.2) is 4.39 Å². The van der Waals surface area contributed by atoms with E-state index in [-0.39, 0.29) is 11.8 Å². The summed E-state index contributed by atoms with van der Waals surface area (Å²) in [6.07, 6.45) is 0.621. The molecule has 0 aromatic heterocycles. The third-order valence-electron chi connectivity index (χ3n) is 3.35. The lowest BCUT2D eigenvalue weighted by Crippen LogP contribution is -2.42. The van der Waals surface area contributed by atoms with Crippen LogP contribution < -0.4 is 0 Å². The number of halogens is 2. The van der Waals surface area contributed by atoms with Gasteiger partial charge in [0.15, 0.2) is 0 Å². The molecule has 1 heterocycles. The Balaban J connectivity index is 2.22. The molecule has 0 saturated carbocycles. The second-order valence-electron chi connectivity index (χ2n) is 4.60. The summed E-state index contributed by atoms with van der Waals surface area (Å²) < 4.78 is 13.4. The number of hydrogen-bond donors (Lipinski definition) is 0. The van der Waals surface area contributed by atoms with E-state index in [1.165, 1.54) is 23.1 Å². The van der Waals surface area contributed by atoms with E-state index in [9.17, 15) is 14.0 Å². The minimum absolute atomic E-state index is 0.0610. The highest BCUT2D eigenvalue weighted by Gasteiger charge is 2.35. The molecule has 0 bridgehead atoms. The molecule has 1 aliphatic heterocycles. The average molecular weight is 329 g/mol. The van der Waals surface area contributed by atoms with E-state index in [0.717, 1.165) is 0 Å². The Labute approximate surface area is 119 Å². The van der Waals surface area contributed by atoms with Crippen LogP contribution in [-0.2, 0) is 4.79 Å². The SMILES string of the molecule is CN1CCC(N(C)C(=O)c2ccc(F)cc2Br)C1=O. The van der Waals surface area contributed by atoms with Gasteiger partial charge in [0.05, 0.1) is 5.56 Å². The Morgan fingerprint density at radius 3 is 2.74 bits per heavy atom. The van der Waals surface area contributed by atoms with Crippen LogP contribution in [0.2, 0.25) is 0 Å². The van der Waals surface area contributed by atoms with Crippen molar-refractivity contribution in [2.75, 3.05) is 20.6 Å². The number of likely N-dealkylation sites (tertiary alicyclic amines) is 1. The molecule has 1 saturated heterocycles. The standard InChI is InChI=1S/C13H14BrFN2O2/c1-16-6-5-11(13(16)19)17(2)12(18)9-4-3-8(15)7-10(9)14/h3-4,7,11H,5-6H2,1-2H3. The molecule has 1 fully saturated rings. The van der Waals surface area contributed by atoms with Crippen molar-refractivity contribution in [3.63, 3.8) is 0 Å². The minimum Gasteiger partial charge on any atom is -0.344 e. The van der Waals surface area contributed by atoms with Crippen molar-refractivity contribution in [3.05, 3.63) is 34.1 Å². The Kier molecular flexibility index (Phi) is 3.89. The highest BCUT2D eigenvalue weighted by Crippen LogP contribution is 2.22. The maximum Gasteiger partial charge on any atom is 0.255 e. The van der Waals surface area contributed by atoms with Crippen LogP contribution in [0.5, 0.6) is 0 Å². The predicted molar refractivity (Wildman–Crippen MR) is 72.2 cm³/mol. The fourth-order valence-electron chi connectivity index (χ4n) is 2.16. The van der Waals surface area contributed by atoms with Gasteiger partial charge in [-0.15, -0.1) is 0 Å². The fourth-order valence-corrected chi connectivity index (χ4v) is 2.68. The van der Waals surface area contributed by atoms with Crippen molar-refractivity contribution in [2.24, 2.45) is 0 Å². The van der Waals surface area contributed by atoms with Gasteiger partial charge in [0.1, 0.15) is 11.9 Å². The van der Waals surface area contributed by atoms with E-state index >= 15 is 0 Å². The number of amides is 2. The zero-order chi connectivity index (χ0) is 14.2. The van der Waals surface area contributed by atoms with Gasteiger partial charge in [-0.05, 0) is 40.5 Å². The number of nitrogens with zero attached hydrogens (tertiary/aromatic N) is 2. The van der Waals surface area contributed by atoms with Crippen molar-refractivity contribution in [2.45, 2.75) is 12.5 Å². The van der Waals surface area contributed by atoms with Crippen LogP contribution in [0.15, 0.2) is 22.7 Å². The van der Waals surface area contributed by atoms with Crippen LogP contribution in [0.4, 0.5) is 4.39 Å². The van der Waals surface area contributed by atoms with E-state index < -0.39 is 11.9 Å². The third kappa shape index (κ3) is 2.63. The monoisotopic (exact) mass is 328 g/mol. The maximum absolute atomic E-state index is 13.0. The average Bonchev–Trinajstić information content (AvgIpc) is 2.68. The van der Waals surface area contributed by atoms with E-state index in [0.29, 0.717) is 23.0 Å². The lowest BCUT2D eigenvalue weighted by molar-refractivity contribution is -0.130. The summed E-state index contributed by atoms with van der Waals surface area (Å²) in [5.74, 6) is -0.766. The summed E-state index contributed by atoms with van der Waals surface area (Å²) in [5.41, 5.74) is 0.353. The first-order valence-electron chi connectivity index (χ1n) is 5.89. The molecule has 102 valence electrons. The number of likely N-dealkylation sites (N-methyl/N-ethyl adjacent to an activating group) is 2. The van der Waals surface area contributed by atoms with Crippen molar-refractivity contribution in [1.29, 1.82) is 0 Å². The Morgan fingerprint density at radius 1 is 1.53 bits per heavy atom. The predicted octanol–water partition coefficient (Wildman–Crippen LogP) is 1.89. The van der Waals surface area contributed by atoms with E-state index in [4.69, 9.17) is 0 Å². The van der Waals surface area contributed by atoms with Crippen molar-refractivity contribution >= 4 is 27.7 Å². The van der Waals surface area contributed by atoms with Crippen LogP contribution in [0.3, 0.4) is 0 Å². The lowest BCUT2D eigenvalue weighted by atomic mass is 10.1.